The highest BCUT2D eigenvalue weighted by Gasteiger charge is 2.18. The highest BCUT2D eigenvalue weighted by atomic mass is 32.2. The average molecular weight is 250 g/mol. The van der Waals surface area contributed by atoms with Crippen LogP contribution in [0.2, 0.25) is 0 Å². The molecule has 0 unspecified atom stereocenters. The number of aromatic nitrogens is 2. The van der Waals surface area contributed by atoms with Crippen molar-refractivity contribution in [1.29, 1.82) is 0 Å². The average Bonchev–Trinajstić information content (AvgIpc) is 2.82. The maximum absolute atomic E-state index is 11.9. The second-order valence-electron chi connectivity index (χ2n) is 4.60. The van der Waals surface area contributed by atoms with Crippen molar-refractivity contribution in [3.05, 3.63) is 18.0 Å². The standard InChI is InChI=1S/C13H18N2OS/c1-17-13-14-7-6-11(15-13)9-12(16)8-10-4-2-3-5-10/h6-7,10H,2-5,8-9H2,1H3. The maximum atomic E-state index is 11.9. The van der Waals surface area contributed by atoms with E-state index in [0.29, 0.717) is 18.1 Å². The second-order valence-corrected chi connectivity index (χ2v) is 5.38. The molecule has 0 aromatic carbocycles. The van der Waals surface area contributed by atoms with E-state index in [-0.39, 0.29) is 0 Å². The van der Waals surface area contributed by atoms with E-state index in [1.54, 1.807) is 6.20 Å². The molecule has 0 radical (unpaired) electrons. The molecule has 0 spiro atoms. The zero-order valence-electron chi connectivity index (χ0n) is 10.2. The molecule has 92 valence electrons. The molecule has 1 aromatic rings. The minimum absolute atomic E-state index is 0.322. The lowest BCUT2D eigenvalue weighted by Crippen LogP contribution is -2.09. The van der Waals surface area contributed by atoms with Crippen molar-refractivity contribution >= 4 is 17.5 Å². The summed E-state index contributed by atoms with van der Waals surface area (Å²) in [4.78, 5) is 20.3. The van der Waals surface area contributed by atoms with E-state index in [0.717, 1.165) is 17.3 Å². The number of hydrogen-bond acceptors (Lipinski definition) is 4. The van der Waals surface area contributed by atoms with Crippen molar-refractivity contribution in [3.63, 3.8) is 0 Å². The summed E-state index contributed by atoms with van der Waals surface area (Å²) in [6.45, 7) is 0. The van der Waals surface area contributed by atoms with E-state index in [2.05, 4.69) is 9.97 Å². The summed E-state index contributed by atoms with van der Waals surface area (Å²) in [6.07, 6.45) is 9.92. The highest BCUT2D eigenvalue weighted by Crippen LogP contribution is 2.27. The number of Topliss-reactive ketones (excluding diaryl/α,β-unsaturated/α-hetero) is 1. The predicted molar refractivity (Wildman–Crippen MR) is 69.1 cm³/mol. The Morgan fingerprint density at radius 2 is 2.24 bits per heavy atom. The lowest BCUT2D eigenvalue weighted by atomic mass is 9.99. The van der Waals surface area contributed by atoms with Crippen LogP contribution in [0.15, 0.2) is 17.4 Å². The molecule has 1 fully saturated rings. The van der Waals surface area contributed by atoms with Crippen LogP contribution in [0.4, 0.5) is 0 Å². The van der Waals surface area contributed by atoms with Crippen LogP contribution in [0.3, 0.4) is 0 Å². The molecule has 1 aliphatic rings. The molecule has 0 amide bonds. The Morgan fingerprint density at radius 3 is 2.94 bits per heavy atom. The molecule has 3 nitrogen and oxygen atoms in total. The number of hydrogen-bond donors (Lipinski definition) is 0. The molecule has 0 aliphatic heterocycles. The van der Waals surface area contributed by atoms with Crippen molar-refractivity contribution in [2.75, 3.05) is 6.26 Å². The van der Waals surface area contributed by atoms with Crippen molar-refractivity contribution in [2.45, 2.75) is 43.7 Å². The van der Waals surface area contributed by atoms with Gasteiger partial charge in [0.15, 0.2) is 5.16 Å². The van der Waals surface area contributed by atoms with Crippen LogP contribution < -0.4 is 0 Å². The van der Waals surface area contributed by atoms with Gasteiger partial charge in [-0.05, 0) is 18.2 Å². The molecule has 17 heavy (non-hydrogen) atoms. The van der Waals surface area contributed by atoms with E-state index in [4.69, 9.17) is 0 Å². The Labute approximate surface area is 106 Å². The van der Waals surface area contributed by atoms with Crippen molar-refractivity contribution < 1.29 is 4.79 Å². The first-order chi connectivity index (χ1) is 8.28. The molecule has 2 rings (SSSR count). The van der Waals surface area contributed by atoms with Gasteiger partial charge in [-0.3, -0.25) is 4.79 Å². The first-order valence-electron chi connectivity index (χ1n) is 6.15. The maximum Gasteiger partial charge on any atom is 0.187 e. The van der Waals surface area contributed by atoms with Gasteiger partial charge in [-0.2, -0.15) is 0 Å². The fourth-order valence-electron chi connectivity index (χ4n) is 2.38. The van der Waals surface area contributed by atoms with Crippen LogP contribution in [0.25, 0.3) is 0 Å². The Morgan fingerprint density at radius 1 is 1.47 bits per heavy atom. The first kappa shape index (κ1) is 12.6. The predicted octanol–water partition coefficient (Wildman–Crippen LogP) is 2.89. The number of carbonyl (C=O) groups is 1. The fourth-order valence-corrected chi connectivity index (χ4v) is 2.76. The second kappa shape index (κ2) is 6.15. The first-order valence-corrected chi connectivity index (χ1v) is 7.38. The third-order valence-corrected chi connectivity index (χ3v) is 3.80. The summed E-state index contributed by atoms with van der Waals surface area (Å²) >= 11 is 1.51. The molecule has 0 atom stereocenters. The molecule has 0 bridgehead atoms. The normalized spacial score (nSPS) is 16.3. The molecule has 1 heterocycles. The summed E-state index contributed by atoms with van der Waals surface area (Å²) in [5.41, 5.74) is 0.854. The van der Waals surface area contributed by atoms with Gasteiger partial charge >= 0.3 is 0 Å². The number of nitrogens with zero attached hydrogens (tertiary/aromatic N) is 2. The summed E-state index contributed by atoms with van der Waals surface area (Å²) in [5.74, 6) is 0.951. The van der Waals surface area contributed by atoms with Crippen molar-refractivity contribution in [2.24, 2.45) is 5.92 Å². The monoisotopic (exact) mass is 250 g/mol. The fraction of sp³-hybridized carbons (Fsp3) is 0.615. The molecule has 4 heteroatoms. The van der Waals surface area contributed by atoms with E-state index < -0.39 is 0 Å². The smallest absolute Gasteiger partial charge is 0.187 e. The quantitative estimate of drug-likeness (QED) is 0.595. The Bertz CT molecular complexity index is 389. The highest BCUT2D eigenvalue weighted by molar-refractivity contribution is 7.98. The van der Waals surface area contributed by atoms with Gasteiger partial charge in [0.2, 0.25) is 0 Å². The zero-order valence-corrected chi connectivity index (χ0v) is 11.0. The van der Waals surface area contributed by atoms with Gasteiger partial charge in [0, 0.05) is 19.0 Å². The van der Waals surface area contributed by atoms with Crippen LogP contribution >= 0.6 is 11.8 Å². The zero-order chi connectivity index (χ0) is 12.1. The Hall–Kier alpha value is -0.900. The largest absolute Gasteiger partial charge is 0.299 e. The minimum Gasteiger partial charge on any atom is -0.299 e. The van der Waals surface area contributed by atoms with Crippen molar-refractivity contribution in [3.8, 4) is 0 Å². The van der Waals surface area contributed by atoms with Gasteiger partial charge in [-0.1, -0.05) is 37.4 Å². The summed E-state index contributed by atoms with van der Waals surface area (Å²) < 4.78 is 0. The third-order valence-electron chi connectivity index (χ3n) is 3.24. The van der Waals surface area contributed by atoms with E-state index >= 15 is 0 Å². The molecule has 1 aliphatic carbocycles. The van der Waals surface area contributed by atoms with Crippen LogP contribution in [0.5, 0.6) is 0 Å². The summed E-state index contributed by atoms with van der Waals surface area (Å²) in [7, 11) is 0. The lowest BCUT2D eigenvalue weighted by molar-refractivity contribution is -0.119. The number of thioether (sulfide) groups is 1. The van der Waals surface area contributed by atoms with Crippen LogP contribution in [0.1, 0.15) is 37.8 Å². The van der Waals surface area contributed by atoms with Gasteiger partial charge < -0.3 is 0 Å². The van der Waals surface area contributed by atoms with Crippen LogP contribution in [0, 0.1) is 5.92 Å². The molecule has 0 N–H and O–H groups in total. The van der Waals surface area contributed by atoms with E-state index in [1.807, 2.05) is 12.3 Å². The number of carbonyl (C=O) groups excluding carboxylic acids is 1. The topological polar surface area (TPSA) is 42.9 Å². The molecule has 1 saturated carbocycles. The van der Waals surface area contributed by atoms with Crippen molar-refractivity contribution in [1.82, 2.24) is 9.97 Å². The van der Waals surface area contributed by atoms with Crippen LogP contribution in [-0.4, -0.2) is 22.0 Å². The van der Waals surface area contributed by atoms with Gasteiger partial charge in [0.1, 0.15) is 5.78 Å². The SMILES string of the molecule is CSc1nccc(CC(=O)CC2CCCC2)n1. The van der Waals surface area contributed by atoms with E-state index in [9.17, 15) is 4.79 Å². The van der Waals surface area contributed by atoms with E-state index in [1.165, 1.54) is 37.4 Å². The summed E-state index contributed by atoms with van der Waals surface area (Å²) in [5, 5.41) is 0.746. The minimum atomic E-state index is 0.322. The van der Waals surface area contributed by atoms with Gasteiger partial charge in [-0.25, -0.2) is 9.97 Å². The van der Waals surface area contributed by atoms with Crippen LogP contribution in [-0.2, 0) is 11.2 Å². The summed E-state index contributed by atoms with van der Waals surface area (Å²) in [6, 6.07) is 1.84. The molecule has 1 aromatic heterocycles. The lowest BCUT2D eigenvalue weighted by Gasteiger charge is -2.07. The Balaban J connectivity index is 1.88. The molecular weight excluding hydrogens is 232 g/mol. The Kier molecular flexibility index (Phi) is 4.54. The third kappa shape index (κ3) is 3.80. The van der Waals surface area contributed by atoms with Gasteiger partial charge in [-0.15, -0.1) is 0 Å². The molecular formula is C13H18N2OS. The number of rotatable bonds is 5. The number of ketones is 1. The van der Waals surface area contributed by atoms with Gasteiger partial charge in [0.25, 0.3) is 0 Å². The van der Waals surface area contributed by atoms with Gasteiger partial charge in [0.05, 0.1) is 5.69 Å². The molecule has 0 saturated heterocycles.